The number of ether oxygens (including phenoxy) is 1. The number of nitrogens with one attached hydrogen (secondary N) is 2. The molecule has 7 rings (SSSR count). The molecule has 9 nitrogen and oxygen atoms in total. The highest BCUT2D eigenvalue weighted by atomic mass is 35.5. The second-order valence-corrected chi connectivity index (χ2v) is 14.2. The number of fused-ring (bicyclic) bond motifs is 1. The van der Waals surface area contributed by atoms with Gasteiger partial charge in [0.1, 0.15) is 10.2 Å². The SMILES string of the molecule is CC1(C)CC(CCCn2ccc(SNC(=O)c3ccc(-n4ccc(OCCC5C6(CC6)C56CC6)n4)nc3Cl)n2)CN1. The normalized spacial score (nSPS) is 22.8. The van der Waals surface area contributed by atoms with Crippen LogP contribution in [0.15, 0.2) is 41.7 Å². The number of rotatable bonds is 12. The van der Waals surface area contributed by atoms with Crippen LogP contribution in [-0.2, 0) is 6.54 Å². The van der Waals surface area contributed by atoms with E-state index in [9.17, 15) is 4.79 Å². The zero-order valence-corrected chi connectivity index (χ0v) is 25.3. The summed E-state index contributed by atoms with van der Waals surface area (Å²) in [5.74, 6) is 2.37. The van der Waals surface area contributed by atoms with Crippen LogP contribution in [0.1, 0.15) is 75.6 Å². The van der Waals surface area contributed by atoms with Crippen LogP contribution in [0.5, 0.6) is 5.88 Å². The molecule has 41 heavy (non-hydrogen) atoms. The Hall–Kier alpha value is -2.56. The van der Waals surface area contributed by atoms with Gasteiger partial charge in [-0.3, -0.25) is 14.2 Å². The number of pyridine rings is 1. The molecule has 1 aliphatic heterocycles. The van der Waals surface area contributed by atoms with E-state index < -0.39 is 0 Å². The van der Waals surface area contributed by atoms with E-state index in [1.165, 1.54) is 50.5 Å². The minimum atomic E-state index is -0.323. The first-order valence-corrected chi connectivity index (χ1v) is 16.1. The van der Waals surface area contributed by atoms with Gasteiger partial charge in [0.05, 0.1) is 12.2 Å². The van der Waals surface area contributed by atoms with Crippen molar-refractivity contribution in [2.45, 2.75) is 82.3 Å². The number of nitrogens with zero attached hydrogens (tertiary/aromatic N) is 5. The lowest BCUT2D eigenvalue weighted by Crippen LogP contribution is -2.31. The van der Waals surface area contributed by atoms with Crippen LogP contribution >= 0.6 is 23.5 Å². The molecule has 11 heteroatoms. The summed E-state index contributed by atoms with van der Waals surface area (Å²) in [4.78, 5) is 17.2. The van der Waals surface area contributed by atoms with E-state index in [0.29, 0.717) is 34.7 Å². The predicted molar refractivity (Wildman–Crippen MR) is 158 cm³/mol. The molecule has 0 aromatic carbocycles. The lowest BCUT2D eigenvalue weighted by molar-refractivity contribution is 0.0984. The zero-order chi connectivity index (χ0) is 28.2. The molecular weight excluding hydrogens is 558 g/mol. The summed E-state index contributed by atoms with van der Waals surface area (Å²) in [6.07, 6.45) is 14.1. The summed E-state index contributed by atoms with van der Waals surface area (Å²) in [6, 6.07) is 7.14. The Labute approximate surface area is 250 Å². The van der Waals surface area contributed by atoms with Crippen LogP contribution in [0, 0.1) is 22.7 Å². The minimum Gasteiger partial charge on any atom is -0.477 e. The Kier molecular flexibility index (Phi) is 6.86. The third-order valence-electron chi connectivity index (χ3n) is 9.89. The summed E-state index contributed by atoms with van der Waals surface area (Å²) in [5, 5.41) is 13.5. The van der Waals surface area contributed by atoms with Crippen LogP contribution in [-0.4, -0.2) is 49.1 Å². The first-order chi connectivity index (χ1) is 19.8. The number of carbonyl (C=O) groups excluding carboxylic acids is 1. The fourth-order valence-electron chi connectivity index (χ4n) is 7.58. The maximum Gasteiger partial charge on any atom is 0.264 e. The third-order valence-corrected chi connectivity index (χ3v) is 10.9. The van der Waals surface area contributed by atoms with Crippen LogP contribution in [0.4, 0.5) is 0 Å². The second-order valence-electron chi connectivity index (χ2n) is 13.0. The number of aromatic nitrogens is 5. The van der Waals surface area contributed by atoms with Gasteiger partial charge in [-0.25, -0.2) is 9.67 Å². The monoisotopic (exact) mass is 595 g/mol. The summed E-state index contributed by atoms with van der Waals surface area (Å²) in [5.41, 5.74) is 1.96. The largest absolute Gasteiger partial charge is 0.477 e. The summed E-state index contributed by atoms with van der Waals surface area (Å²) in [7, 11) is 0. The fourth-order valence-corrected chi connectivity index (χ4v) is 8.40. The average Bonchev–Trinajstić information content (AvgIpc) is 3.86. The Balaban J connectivity index is 0.865. The van der Waals surface area contributed by atoms with E-state index >= 15 is 0 Å². The first-order valence-electron chi connectivity index (χ1n) is 14.9. The molecule has 0 radical (unpaired) electrons. The molecule has 4 heterocycles. The number of halogens is 1. The standard InChI is InChI=1S/C30H38ClN7O2S/c1-28(2)18-20(19-32-28)4-3-14-37-15-8-25(35-37)41-36-27(39)21-5-6-23(33-26(21)31)38-16-7-24(34-38)40-17-9-22-29(10-11-29)30(22)12-13-30/h5-8,15-16,20,22,32H,3-4,9-14,17-19H2,1-2H3,(H,36,39). The predicted octanol–water partition coefficient (Wildman–Crippen LogP) is 5.68. The van der Waals surface area contributed by atoms with Crippen molar-refractivity contribution in [2.75, 3.05) is 13.2 Å². The van der Waals surface area contributed by atoms with Gasteiger partial charge >= 0.3 is 0 Å². The highest BCUT2D eigenvalue weighted by molar-refractivity contribution is 7.97. The maximum absolute atomic E-state index is 12.8. The molecule has 0 bridgehead atoms. The van der Waals surface area contributed by atoms with E-state index in [1.807, 2.05) is 23.0 Å². The van der Waals surface area contributed by atoms with Crippen molar-refractivity contribution in [3.63, 3.8) is 0 Å². The van der Waals surface area contributed by atoms with E-state index in [0.717, 1.165) is 42.8 Å². The van der Waals surface area contributed by atoms with E-state index in [4.69, 9.17) is 16.3 Å². The number of hydrogen-bond acceptors (Lipinski definition) is 7. The van der Waals surface area contributed by atoms with Crippen molar-refractivity contribution < 1.29 is 9.53 Å². The van der Waals surface area contributed by atoms with Gasteiger partial charge in [0.15, 0.2) is 5.82 Å². The van der Waals surface area contributed by atoms with Crippen LogP contribution < -0.4 is 14.8 Å². The highest BCUT2D eigenvalue weighted by Gasteiger charge is 2.85. The van der Waals surface area contributed by atoms with Gasteiger partial charge in [-0.2, -0.15) is 5.10 Å². The lowest BCUT2D eigenvalue weighted by atomic mass is 9.94. The maximum atomic E-state index is 12.8. The first kappa shape index (κ1) is 27.3. The summed E-state index contributed by atoms with van der Waals surface area (Å²) >= 11 is 7.58. The summed E-state index contributed by atoms with van der Waals surface area (Å²) in [6.45, 7) is 7.19. The van der Waals surface area contributed by atoms with Crippen LogP contribution in [0.3, 0.4) is 0 Å². The molecule has 1 atom stereocenters. The van der Waals surface area contributed by atoms with E-state index in [1.54, 1.807) is 23.0 Å². The lowest BCUT2D eigenvalue weighted by Gasteiger charge is -2.17. The molecule has 1 saturated heterocycles. The Morgan fingerprint density at radius 1 is 1.12 bits per heavy atom. The van der Waals surface area contributed by atoms with Gasteiger partial charge in [-0.15, -0.1) is 5.10 Å². The molecule has 2 N–H and O–H groups in total. The molecule has 3 aromatic heterocycles. The molecule has 1 unspecified atom stereocenters. The molecule has 3 aromatic rings. The smallest absolute Gasteiger partial charge is 0.264 e. The van der Waals surface area contributed by atoms with Crippen LogP contribution in [0.25, 0.3) is 5.82 Å². The molecule has 3 saturated carbocycles. The van der Waals surface area contributed by atoms with Crippen molar-refractivity contribution in [3.8, 4) is 11.7 Å². The number of hydrogen-bond donors (Lipinski definition) is 2. The van der Waals surface area contributed by atoms with Crippen molar-refractivity contribution in [3.05, 3.63) is 47.4 Å². The van der Waals surface area contributed by atoms with E-state index in [2.05, 4.69) is 39.1 Å². The van der Waals surface area contributed by atoms with Gasteiger partial charge in [-0.1, -0.05) is 11.6 Å². The molecule has 3 aliphatic carbocycles. The van der Waals surface area contributed by atoms with Gasteiger partial charge < -0.3 is 10.1 Å². The van der Waals surface area contributed by atoms with Gasteiger partial charge in [0, 0.05) is 42.5 Å². The third kappa shape index (κ3) is 5.39. The molecule has 218 valence electrons. The molecule has 2 spiro atoms. The van der Waals surface area contributed by atoms with Gasteiger partial charge in [0.25, 0.3) is 5.91 Å². The second kappa shape index (κ2) is 10.3. The van der Waals surface area contributed by atoms with E-state index in [-0.39, 0.29) is 16.6 Å². The Morgan fingerprint density at radius 2 is 1.93 bits per heavy atom. The number of carbonyl (C=O) groups is 1. The fraction of sp³-hybridized carbons (Fsp3) is 0.600. The quantitative estimate of drug-likeness (QED) is 0.205. The van der Waals surface area contributed by atoms with Gasteiger partial charge in [0.2, 0.25) is 5.88 Å². The molecule has 4 fully saturated rings. The topological polar surface area (TPSA) is 98.9 Å². The molecular formula is C30H38ClN7O2S. The number of amides is 1. The highest BCUT2D eigenvalue weighted by Crippen LogP contribution is 2.93. The summed E-state index contributed by atoms with van der Waals surface area (Å²) < 4.78 is 12.3. The molecule has 1 amide bonds. The Morgan fingerprint density at radius 3 is 2.63 bits per heavy atom. The van der Waals surface area contributed by atoms with Crippen LogP contribution in [0.2, 0.25) is 5.15 Å². The number of aryl methyl sites for hydroxylation is 1. The van der Waals surface area contributed by atoms with Crippen molar-refractivity contribution in [1.82, 2.24) is 34.6 Å². The van der Waals surface area contributed by atoms with Crippen molar-refractivity contribution >= 4 is 29.5 Å². The molecule has 4 aliphatic rings. The Bertz CT molecular complexity index is 1430. The van der Waals surface area contributed by atoms with Gasteiger partial charge in [-0.05, 0) is 113 Å². The zero-order valence-electron chi connectivity index (χ0n) is 23.7. The van der Waals surface area contributed by atoms with Crippen molar-refractivity contribution in [2.24, 2.45) is 22.7 Å². The minimum absolute atomic E-state index is 0.117. The average molecular weight is 596 g/mol. The van der Waals surface area contributed by atoms with Crippen molar-refractivity contribution in [1.29, 1.82) is 0 Å².